The Balaban J connectivity index is 1.25. The van der Waals surface area contributed by atoms with E-state index in [0.29, 0.717) is 26.2 Å². The van der Waals surface area contributed by atoms with E-state index >= 15 is 0 Å². The van der Waals surface area contributed by atoms with Crippen LogP contribution in [0.2, 0.25) is 0 Å². The van der Waals surface area contributed by atoms with Gasteiger partial charge in [0.2, 0.25) is 11.8 Å². The molecule has 2 aromatic carbocycles. The van der Waals surface area contributed by atoms with Gasteiger partial charge in [0.15, 0.2) is 0 Å². The van der Waals surface area contributed by atoms with E-state index in [-0.39, 0.29) is 30.8 Å². The van der Waals surface area contributed by atoms with E-state index in [1.54, 1.807) is 4.90 Å². The topological polar surface area (TPSA) is 59.1 Å². The van der Waals surface area contributed by atoms with Gasteiger partial charge in [-0.1, -0.05) is 24.3 Å². The van der Waals surface area contributed by atoms with E-state index in [4.69, 9.17) is 9.47 Å². The Hall–Kier alpha value is -3.02. The van der Waals surface area contributed by atoms with Crippen molar-refractivity contribution in [1.82, 2.24) is 4.90 Å². The van der Waals surface area contributed by atoms with Crippen molar-refractivity contribution in [3.05, 3.63) is 53.6 Å². The summed E-state index contributed by atoms with van der Waals surface area (Å²) in [5.41, 5.74) is 3.10. The first-order valence-electron chi connectivity index (χ1n) is 11.0. The number of aryl methyl sites for hydroxylation is 2. The molecule has 0 unspecified atom stereocenters. The Morgan fingerprint density at radius 3 is 2.55 bits per heavy atom. The van der Waals surface area contributed by atoms with Crippen molar-refractivity contribution < 1.29 is 19.1 Å². The number of nitrogens with zero attached hydrogens (tertiary/aromatic N) is 2. The lowest BCUT2D eigenvalue weighted by Crippen LogP contribution is -2.42. The summed E-state index contributed by atoms with van der Waals surface area (Å²) >= 11 is 0. The van der Waals surface area contributed by atoms with Crippen molar-refractivity contribution >= 4 is 17.5 Å². The summed E-state index contributed by atoms with van der Waals surface area (Å²) < 4.78 is 11.8. The third kappa shape index (κ3) is 5.01. The number of rotatable bonds is 5. The number of fused-ring (bicyclic) bond motifs is 1. The molecule has 0 spiro atoms. The molecule has 0 N–H and O–H groups in total. The fraction of sp³-hybridized carbons (Fsp3) is 0.440. The molecule has 0 aromatic heterocycles. The zero-order valence-electron chi connectivity index (χ0n) is 18.3. The molecule has 2 aromatic rings. The normalized spacial score (nSPS) is 16.5. The molecule has 4 rings (SSSR count). The van der Waals surface area contributed by atoms with Crippen LogP contribution in [0.25, 0.3) is 0 Å². The number of hydrogen-bond acceptors (Lipinski definition) is 4. The quantitative estimate of drug-likeness (QED) is 0.734. The second-order valence-electron chi connectivity index (χ2n) is 8.33. The van der Waals surface area contributed by atoms with Crippen LogP contribution in [0.4, 0.5) is 5.69 Å². The molecule has 0 radical (unpaired) electrons. The zero-order chi connectivity index (χ0) is 21.8. The molecule has 0 aliphatic carbocycles. The third-order valence-electron chi connectivity index (χ3n) is 6.01. The number of amides is 2. The van der Waals surface area contributed by atoms with Gasteiger partial charge in [-0.15, -0.1) is 0 Å². The predicted octanol–water partition coefficient (Wildman–Crippen LogP) is 3.88. The Bertz CT molecular complexity index is 950. The molecule has 2 aliphatic heterocycles. The first-order chi connectivity index (χ1) is 15.0. The van der Waals surface area contributed by atoms with Gasteiger partial charge in [0.05, 0.1) is 12.2 Å². The van der Waals surface area contributed by atoms with Crippen LogP contribution in [0.15, 0.2) is 42.5 Å². The Labute approximate surface area is 183 Å². The van der Waals surface area contributed by atoms with Gasteiger partial charge < -0.3 is 19.3 Å². The van der Waals surface area contributed by atoms with E-state index in [1.807, 2.05) is 29.2 Å². The molecule has 2 aliphatic rings. The highest BCUT2D eigenvalue weighted by Gasteiger charge is 2.27. The van der Waals surface area contributed by atoms with Crippen LogP contribution in [-0.4, -0.2) is 49.1 Å². The monoisotopic (exact) mass is 422 g/mol. The number of ether oxygens (including phenoxy) is 2. The van der Waals surface area contributed by atoms with Crippen LogP contribution in [0.5, 0.6) is 11.5 Å². The van der Waals surface area contributed by atoms with Crippen LogP contribution in [0.1, 0.15) is 36.8 Å². The first kappa shape index (κ1) is 21.2. The van der Waals surface area contributed by atoms with Gasteiger partial charge in [0.25, 0.3) is 0 Å². The zero-order valence-corrected chi connectivity index (χ0v) is 18.3. The number of carbonyl (C=O) groups excluding carboxylic acids is 2. The lowest BCUT2D eigenvalue weighted by Gasteiger charge is -2.33. The summed E-state index contributed by atoms with van der Waals surface area (Å²) in [6, 6.07) is 13.8. The molecule has 6 heteroatoms. The lowest BCUT2D eigenvalue weighted by atomic mass is 10.1. The summed E-state index contributed by atoms with van der Waals surface area (Å²) in [5, 5.41) is 0. The third-order valence-corrected chi connectivity index (χ3v) is 6.01. The minimum absolute atomic E-state index is 0.0303. The molecule has 31 heavy (non-hydrogen) atoms. The molecular weight excluding hydrogens is 392 g/mol. The molecule has 2 amide bonds. The molecule has 0 bridgehead atoms. The number of piperidine rings is 1. The van der Waals surface area contributed by atoms with Gasteiger partial charge in [0, 0.05) is 38.8 Å². The van der Waals surface area contributed by atoms with Crippen molar-refractivity contribution in [2.24, 2.45) is 0 Å². The fourth-order valence-electron chi connectivity index (χ4n) is 4.17. The summed E-state index contributed by atoms with van der Waals surface area (Å²) in [4.78, 5) is 29.0. The van der Waals surface area contributed by atoms with Crippen molar-refractivity contribution in [1.29, 1.82) is 0 Å². The summed E-state index contributed by atoms with van der Waals surface area (Å²) in [6.45, 7) is 6.45. The maximum atomic E-state index is 12.7. The predicted molar refractivity (Wildman–Crippen MR) is 120 cm³/mol. The van der Waals surface area contributed by atoms with Gasteiger partial charge >= 0.3 is 0 Å². The van der Waals surface area contributed by atoms with Gasteiger partial charge in [-0.3, -0.25) is 9.59 Å². The van der Waals surface area contributed by atoms with E-state index in [1.165, 1.54) is 5.56 Å². The number of likely N-dealkylation sites (tertiary alicyclic amines) is 1. The molecule has 6 nitrogen and oxygen atoms in total. The van der Waals surface area contributed by atoms with Gasteiger partial charge in [-0.25, -0.2) is 0 Å². The molecule has 0 atom stereocenters. The number of hydrogen-bond donors (Lipinski definition) is 0. The second-order valence-corrected chi connectivity index (χ2v) is 8.33. The number of para-hydroxylation sites is 2. The van der Waals surface area contributed by atoms with Crippen LogP contribution in [0.3, 0.4) is 0 Å². The minimum Gasteiger partial charge on any atom is -0.490 e. The molecular formula is C25H30N2O4. The average molecular weight is 423 g/mol. The Kier molecular flexibility index (Phi) is 6.44. The Morgan fingerprint density at radius 2 is 1.74 bits per heavy atom. The number of anilines is 1. The SMILES string of the molecule is Cc1ccc(C)c(OC2CCN(C(=O)CCC(=O)N3CCOc4ccccc43)CC2)c1. The van der Waals surface area contributed by atoms with Crippen LogP contribution >= 0.6 is 0 Å². The van der Waals surface area contributed by atoms with Crippen molar-refractivity contribution in [3.8, 4) is 11.5 Å². The second kappa shape index (κ2) is 9.41. The summed E-state index contributed by atoms with van der Waals surface area (Å²) in [5.74, 6) is 1.66. The van der Waals surface area contributed by atoms with Gasteiger partial charge in [0.1, 0.15) is 24.2 Å². The molecule has 1 fully saturated rings. The summed E-state index contributed by atoms with van der Waals surface area (Å²) in [6.07, 6.45) is 2.19. The highest BCUT2D eigenvalue weighted by atomic mass is 16.5. The van der Waals surface area contributed by atoms with Crippen LogP contribution in [0, 0.1) is 13.8 Å². The van der Waals surface area contributed by atoms with Crippen LogP contribution in [-0.2, 0) is 9.59 Å². The molecule has 164 valence electrons. The standard InChI is InChI=1S/C25H30N2O4/c1-18-7-8-19(2)23(17-18)31-20-11-13-26(14-12-20)24(28)9-10-25(29)27-15-16-30-22-6-4-3-5-21(22)27/h3-8,17,20H,9-16H2,1-2H3. The van der Waals surface area contributed by atoms with Crippen molar-refractivity contribution in [3.63, 3.8) is 0 Å². The van der Waals surface area contributed by atoms with Crippen LogP contribution < -0.4 is 14.4 Å². The minimum atomic E-state index is -0.0303. The van der Waals surface area contributed by atoms with Crippen molar-refractivity contribution in [2.45, 2.75) is 45.6 Å². The fourth-order valence-corrected chi connectivity index (χ4v) is 4.17. The molecule has 0 saturated carbocycles. The highest BCUT2D eigenvalue weighted by molar-refractivity contribution is 5.97. The van der Waals surface area contributed by atoms with E-state index in [9.17, 15) is 9.59 Å². The number of benzene rings is 2. The highest BCUT2D eigenvalue weighted by Crippen LogP contribution is 2.31. The number of carbonyl (C=O) groups is 2. The largest absolute Gasteiger partial charge is 0.490 e. The smallest absolute Gasteiger partial charge is 0.227 e. The molecule has 2 heterocycles. The van der Waals surface area contributed by atoms with Gasteiger partial charge in [-0.05, 0) is 43.2 Å². The maximum absolute atomic E-state index is 12.7. The van der Waals surface area contributed by atoms with E-state index in [0.717, 1.165) is 35.6 Å². The van der Waals surface area contributed by atoms with E-state index < -0.39 is 0 Å². The molecule has 1 saturated heterocycles. The lowest BCUT2D eigenvalue weighted by molar-refractivity contribution is -0.134. The summed E-state index contributed by atoms with van der Waals surface area (Å²) in [7, 11) is 0. The van der Waals surface area contributed by atoms with Crippen molar-refractivity contribution in [2.75, 3.05) is 31.1 Å². The maximum Gasteiger partial charge on any atom is 0.227 e. The average Bonchev–Trinajstić information content (AvgIpc) is 2.79. The van der Waals surface area contributed by atoms with E-state index in [2.05, 4.69) is 32.0 Å². The first-order valence-corrected chi connectivity index (χ1v) is 11.0. The Morgan fingerprint density at radius 1 is 1.00 bits per heavy atom. The van der Waals surface area contributed by atoms with Gasteiger partial charge in [-0.2, -0.15) is 0 Å².